The SMILES string of the molecule is O=C=CCCN1CC[C@@H](O)C1. The Hall–Kier alpha value is -0.630. The van der Waals surface area contributed by atoms with Crippen LogP contribution in [0.1, 0.15) is 12.8 Å². The number of rotatable bonds is 3. The van der Waals surface area contributed by atoms with E-state index in [0.717, 1.165) is 32.5 Å². The van der Waals surface area contributed by atoms with Gasteiger partial charge in [0.25, 0.3) is 0 Å². The Kier molecular flexibility index (Phi) is 3.30. The predicted octanol–water partition coefficient (Wildman–Crippen LogP) is -0.169. The number of nitrogens with zero attached hydrogens (tertiary/aromatic N) is 1. The molecule has 0 bridgehead atoms. The van der Waals surface area contributed by atoms with Gasteiger partial charge in [-0.1, -0.05) is 0 Å². The second-order valence-corrected chi connectivity index (χ2v) is 2.85. The third-order valence-corrected chi connectivity index (χ3v) is 1.92. The minimum Gasteiger partial charge on any atom is -0.392 e. The summed E-state index contributed by atoms with van der Waals surface area (Å²) < 4.78 is 0. The lowest BCUT2D eigenvalue weighted by Gasteiger charge is -2.11. The van der Waals surface area contributed by atoms with Gasteiger partial charge in [-0.25, -0.2) is 4.79 Å². The van der Waals surface area contributed by atoms with Crippen LogP contribution in [0.25, 0.3) is 0 Å². The van der Waals surface area contributed by atoms with Crippen LogP contribution in [0.3, 0.4) is 0 Å². The Labute approximate surface area is 66.3 Å². The topological polar surface area (TPSA) is 40.5 Å². The largest absolute Gasteiger partial charge is 0.392 e. The highest BCUT2D eigenvalue weighted by molar-refractivity contribution is 5.44. The Bertz CT molecular complexity index is 163. The molecule has 1 heterocycles. The van der Waals surface area contributed by atoms with Crippen LogP contribution in [0.5, 0.6) is 0 Å². The van der Waals surface area contributed by atoms with Gasteiger partial charge in [-0.05, 0) is 12.8 Å². The fourth-order valence-corrected chi connectivity index (χ4v) is 1.32. The average molecular weight is 155 g/mol. The molecule has 3 heteroatoms. The van der Waals surface area contributed by atoms with E-state index in [0.29, 0.717) is 0 Å². The highest BCUT2D eigenvalue weighted by Crippen LogP contribution is 2.08. The van der Waals surface area contributed by atoms with Crippen LogP contribution in [0.2, 0.25) is 0 Å². The summed E-state index contributed by atoms with van der Waals surface area (Å²) in [5, 5.41) is 9.13. The summed E-state index contributed by atoms with van der Waals surface area (Å²) in [7, 11) is 0. The van der Waals surface area contributed by atoms with Crippen LogP contribution in [-0.2, 0) is 4.79 Å². The van der Waals surface area contributed by atoms with E-state index >= 15 is 0 Å². The zero-order valence-corrected chi connectivity index (χ0v) is 6.49. The van der Waals surface area contributed by atoms with Crippen LogP contribution in [0.15, 0.2) is 6.08 Å². The fraction of sp³-hybridized carbons (Fsp3) is 0.750. The van der Waals surface area contributed by atoms with Gasteiger partial charge in [0.05, 0.1) is 6.10 Å². The second-order valence-electron chi connectivity index (χ2n) is 2.85. The van der Waals surface area contributed by atoms with Gasteiger partial charge in [0.2, 0.25) is 0 Å². The lowest BCUT2D eigenvalue weighted by Crippen LogP contribution is -2.22. The molecule has 0 unspecified atom stereocenters. The van der Waals surface area contributed by atoms with Gasteiger partial charge >= 0.3 is 0 Å². The van der Waals surface area contributed by atoms with E-state index in [1.54, 1.807) is 5.94 Å². The minimum atomic E-state index is -0.157. The normalized spacial score (nSPS) is 25.0. The summed E-state index contributed by atoms with van der Waals surface area (Å²) in [6, 6.07) is 0. The van der Waals surface area contributed by atoms with E-state index < -0.39 is 0 Å². The van der Waals surface area contributed by atoms with Crippen LogP contribution >= 0.6 is 0 Å². The van der Waals surface area contributed by atoms with Gasteiger partial charge in [0, 0.05) is 25.7 Å². The fourth-order valence-electron chi connectivity index (χ4n) is 1.32. The maximum absolute atomic E-state index is 9.79. The zero-order valence-electron chi connectivity index (χ0n) is 6.49. The molecule has 0 saturated carbocycles. The quantitative estimate of drug-likeness (QED) is 0.575. The van der Waals surface area contributed by atoms with Gasteiger partial charge in [-0.2, -0.15) is 0 Å². The van der Waals surface area contributed by atoms with Crippen LogP contribution in [0, 0.1) is 0 Å². The number of hydrogen-bond acceptors (Lipinski definition) is 3. The number of carbonyl (C=O) groups excluding carboxylic acids is 1. The van der Waals surface area contributed by atoms with Gasteiger partial charge in [0.1, 0.15) is 5.94 Å². The molecule has 0 aromatic carbocycles. The van der Waals surface area contributed by atoms with E-state index in [1.807, 2.05) is 0 Å². The zero-order chi connectivity index (χ0) is 8.10. The van der Waals surface area contributed by atoms with Crippen molar-refractivity contribution in [3.63, 3.8) is 0 Å². The molecule has 0 aromatic rings. The number of hydrogen-bond donors (Lipinski definition) is 1. The third kappa shape index (κ3) is 2.85. The summed E-state index contributed by atoms with van der Waals surface area (Å²) in [6.45, 7) is 2.58. The smallest absolute Gasteiger partial charge is 0.120 e. The molecule has 1 saturated heterocycles. The Morgan fingerprint density at radius 3 is 3.09 bits per heavy atom. The Balaban J connectivity index is 2.13. The summed E-state index contributed by atoms with van der Waals surface area (Å²) in [6.07, 6.45) is 2.95. The molecular weight excluding hydrogens is 142 g/mol. The van der Waals surface area contributed by atoms with E-state index in [2.05, 4.69) is 4.90 Å². The molecule has 1 rings (SSSR count). The van der Waals surface area contributed by atoms with Gasteiger partial charge < -0.3 is 10.0 Å². The molecule has 1 aliphatic rings. The lowest BCUT2D eigenvalue weighted by atomic mass is 10.3. The van der Waals surface area contributed by atoms with Gasteiger partial charge in [-0.3, -0.25) is 0 Å². The molecule has 0 spiro atoms. The standard InChI is InChI=1S/C8H13NO2/c10-6-2-1-4-9-5-3-8(11)7-9/h2,8,11H,1,3-5,7H2/t8-/m1/s1. The lowest BCUT2D eigenvalue weighted by molar-refractivity contribution is 0.177. The van der Waals surface area contributed by atoms with Crippen molar-refractivity contribution < 1.29 is 9.90 Å². The second kappa shape index (κ2) is 4.29. The molecular formula is C8H13NO2. The summed E-state index contributed by atoms with van der Waals surface area (Å²) in [5.74, 6) is 1.74. The number of aliphatic hydroxyl groups is 1. The molecule has 1 aliphatic heterocycles. The van der Waals surface area contributed by atoms with E-state index in [9.17, 15) is 4.79 Å². The molecule has 1 N–H and O–H groups in total. The number of aliphatic hydroxyl groups excluding tert-OH is 1. The van der Waals surface area contributed by atoms with Crippen LogP contribution < -0.4 is 0 Å². The molecule has 1 fully saturated rings. The molecule has 0 radical (unpaired) electrons. The highest BCUT2D eigenvalue weighted by atomic mass is 16.3. The first-order valence-electron chi connectivity index (χ1n) is 3.92. The third-order valence-electron chi connectivity index (χ3n) is 1.92. The van der Waals surface area contributed by atoms with Crippen molar-refractivity contribution in [2.75, 3.05) is 19.6 Å². The van der Waals surface area contributed by atoms with Crippen molar-refractivity contribution in [3.8, 4) is 0 Å². The maximum atomic E-state index is 9.79. The highest BCUT2D eigenvalue weighted by Gasteiger charge is 2.18. The van der Waals surface area contributed by atoms with Gasteiger partial charge in [0.15, 0.2) is 0 Å². The van der Waals surface area contributed by atoms with Crippen LogP contribution in [0.4, 0.5) is 0 Å². The Morgan fingerprint density at radius 1 is 1.73 bits per heavy atom. The van der Waals surface area contributed by atoms with Crippen molar-refractivity contribution in [3.05, 3.63) is 6.08 Å². The summed E-state index contributed by atoms with van der Waals surface area (Å²) >= 11 is 0. The summed E-state index contributed by atoms with van der Waals surface area (Å²) in [4.78, 5) is 11.9. The summed E-state index contributed by atoms with van der Waals surface area (Å²) in [5.41, 5.74) is 0. The first-order valence-corrected chi connectivity index (χ1v) is 3.92. The monoisotopic (exact) mass is 155 g/mol. The van der Waals surface area contributed by atoms with Crippen molar-refractivity contribution >= 4 is 5.94 Å². The molecule has 1 atom stereocenters. The van der Waals surface area contributed by atoms with Crippen molar-refractivity contribution in [2.24, 2.45) is 0 Å². The van der Waals surface area contributed by atoms with Gasteiger partial charge in [-0.15, -0.1) is 0 Å². The molecule has 0 amide bonds. The molecule has 0 aliphatic carbocycles. The molecule has 3 nitrogen and oxygen atoms in total. The van der Waals surface area contributed by atoms with E-state index in [4.69, 9.17) is 5.11 Å². The first kappa shape index (κ1) is 8.47. The Morgan fingerprint density at radius 2 is 2.55 bits per heavy atom. The van der Waals surface area contributed by atoms with E-state index in [-0.39, 0.29) is 6.10 Å². The number of likely N-dealkylation sites (tertiary alicyclic amines) is 1. The van der Waals surface area contributed by atoms with Crippen LogP contribution in [-0.4, -0.2) is 41.7 Å². The molecule has 62 valence electrons. The average Bonchev–Trinajstić information content (AvgIpc) is 2.37. The van der Waals surface area contributed by atoms with Crippen molar-refractivity contribution in [1.82, 2.24) is 4.90 Å². The molecule has 0 aromatic heterocycles. The van der Waals surface area contributed by atoms with Crippen molar-refractivity contribution in [1.29, 1.82) is 0 Å². The molecule has 11 heavy (non-hydrogen) atoms. The maximum Gasteiger partial charge on any atom is 0.120 e. The first-order chi connectivity index (χ1) is 5.33. The minimum absolute atomic E-state index is 0.157. The van der Waals surface area contributed by atoms with Crippen molar-refractivity contribution in [2.45, 2.75) is 18.9 Å². The number of β-amino-alcohol motifs (C(OH)–C–C–N with tert-alkyl or cyclic N) is 1. The predicted molar refractivity (Wildman–Crippen MR) is 41.9 cm³/mol. The van der Waals surface area contributed by atoms with E-state index in [1.165, 1.54) is 6.08 Å².